The van der Waals surface area contributed by atoms with E-state index >= 15 is 0 Å². The minimum absolute atomic E-state index is 0.556. The van der Waals surface area contributed by atoms with E-state index in [1.807, 2.05) is 42.7 Å². The van der Waals surface area contributed by atoms with Gasteiger partial charge in [-0.15, -0.1) is 11.3 Å². The van der Waals surface area contributed by atoms with Crippen molar-refractivity contribution in [1.29, 1.82) is 5.41 Å². The van der Waals surface area contributed by atoms with Gasteiger partial charge in [0, 0.05) is 16.3 Å². The van der Waals surface area contributed by atoms with Crippen LogP contribution in [-0.4, -0.2) is 11.7 Å². The van der Waals surface area contributed by atoms with Crippen LogP contribution in [0.5, 0.6) is 5.75 Å². The lowest BCUT2D eigenvalue weighted by Gasteiger charge is -2.06. The molecule has 0 amide bonds. The Balaban J connectivity index is 2.54. The van der Waals surface area contributed by atoms with E-state index in [9.17, 15) is 0 Å². The van der Waals surface area contributed by atoms with Gasteiger partial charge in [-0.1, -0.05) is 0 Å². The van der Waals surface area contributed by atoms with Crippen LogP contribution in [0, 0.1) is 19.3 Å². The second-order valence-electron chi connectivity index (χ2n) is 3.58. The largest absolute Gasteiger partial charge is 0.497 e. The smallest absolute Gasteiger partial charge is 0.186 e. The Morgan fingerprint density at radius 1 is 1.19 bits per heavy atom. The maximum Gasteiger partial charge on any atom is 0.186 e. The van der Waals surface area contributed by atoms with Crippen molar-refractivity contribution in [2.45, 2.75) is 13.8 Å². The summed E-state index contributed by atoms with van der Waals surface area (Å²) >= 11 is 1.50. The van der Waals surface area contributed by atoms with Gasteiger partial charge in [-0.3, -0.25) is 9.98 Å². The lowest BCUT2D eigenvalue weighted by atomic mass is 10.3. The molecule has 1 heterocycles. The van der Waals surface area contributed by atoms with E-state index in [4.69, 9.17) is 10.1 Å². The van der Waals surface area contributed by atoms with Crippen LogP contribution in [0.4, 0.5) is 0 Å². The van der Waals surface area contributed by atoms with Gasteiger partial charge < -0.3 is 4.74 Å². The van der Waals surface area contributed by atoms with Crippen molar-refractivity contribution in [3.8, 4) is 11.4 Å². The van der Waals surface area contributed by atoms with Gasteiger partial charge in [0.1, 0.15) is 5.75 Å². The van der Waals surface area contributed by atoms with Crippen molar-refractivity contribution in [2.24, 2.45) is 0 Å². The summed E-state index contributed by atoms with van der Waals surface area (Å²) in [5.74, 6) is 0.834. The highest BCUT2D eigenvalue weighted by Crippen LogP contribution is 2.18. The zero-order chi connectivity index (χ0) is 11.7. The van der Waals surface area contributed by atoms with Gasteiger partial charge in [-0.25, -0.2) is 0 Å². The summed E-state index contributed by atoms with van der Waals surface area (Å²) in [6, 6.07) is 7.76. The molecule has 2 rings (SSSR count). The Labute approximate surface area is 98.5 Å². The van der Waals surface area contributed by atoms with Gasteiger partial charge in [0.25, 0.3) is 0 Å². The molecule has 2 aromatic rings. The van der Waals surface area contributed by atoms with Crippen molar-refractivity contribution >= 4 is 11.3 Å². The second-order valence-corrected chi connectivity index (χ2v) is 4.79. The number of hydrogen-bond acceptors (Lipinski definition) is 3. The van der Waals surface area contributed by atoms with Gasteiger partial charge in [-0.2, -0.15) is 0 Å². The Morgan fingerprint density at radius 2 is 1.81 bits per heavy atom. The third-order valence-corrected chi connectivity index (χ3v) is 3.61. The van der Waals surface area contributed by atoms with Crippen molar-refractivity contribution in [3.63, 3.8) is 0 Å². The quantitative estimate of drug-likeness (QED) is 0.852. The zero-order valence-electron chi connectivity index (χ0n) is 9.57. The molecule has 0 saturated heterocycles. The van der Waals surface area contributed by atoms with Crippen LogP contribution >= 0.6 is 11.3 Å². The molecule has 84 valence electrons. The van der Waals surface area contributed by atoms with E-state index < -0.39 is 0 Å². The monoisotopic (exact) mass is 234 g/mol. The summed E-state index contributed by atoms with van der Waals surface area (Å²) in [4.78, 5) is 1.74. The molecule has 0 aliphatic rings. The zero-order valence-corrected chi connectivity index (χ0v) is 10.4. The van der Waals surface area contributed by atoms with Gasteiger partial charge >= 0.3 is 0 Å². The minimum atomic E-state index is 0.556. The van der Waals surface area contributed by atoms with Gasteiger partial charge in [0.2, 0.25) is 0 Å². The standard InChI is InChI=1S/C12H14N2OS/c1-8-9(2)16-12(13)14(8)10-4-6-11(15-3)7-5-10/h4-7,13H,1-3H3. The summed E-state index contributed by atoms with van der Waals surface area (Å²) in [6.07, 6.45) is 0. The average Bonchev–Trinajstić information content (AvgIpc) is 2.54. The van der Waals surface area contributed by atoms with Crippen LogP contribution in [0.15, 0.2) is 24.3 Å². The third kappa shape index (κ3) is 1.76. The van der Waals surface area contributed by atoms with Crippen LogP contribution in [-0.2, 0) is 0 Å². The van der Waals surface area contributed by atoms with E-state index in [1.165, 1.54) is 16.2 Å². The van der Waals surface area contributed by atoms with Crippen LogP contribution in [0.2, 0.25) is 0 Å². The summed E-state index contributed by atoms with van der Waals surface area (Å²) < 4.78 is 7.06. The number of hydrogen-bond donors (Lipinski definition) is 1. The van der Waals surface area contributed by atoms with Crippen molar-refractivity contribution in [1.82, 2.24) is 4.57 Å². The van der Waals surface area contributed by atoms with Gasteiger partial charge in [-0.05, 0) is 38.1 Å². The van der Waals surface area contributed by atoms with E-state index in [1.54, 1.807) is 7.11 Å². The summed E-state index contributed by atoms with van der Waals surface area (Å²) in [7, 11) is 1.65. The third-order valence-electron chi connectivity index (χ3n) is 2.63. The van der Waals surface area contributed by atoms with Crippen molar-refractivity contribution < 1.29 is 4.74 Å². The molecular weight excluding hydrogens is 220 g/mol. The highest BCUT2D eigenvalue weighted by atomic mass is 32.1. The molecule has 0 saturated carbocycles. The number of nitrogens with zero attached hydrogens (tertiary/aromatic N) is 1. The molecule has 1 aromatic carbocycles. The number of nitrogens with one attached hydrogen (secondary N) is 1. The number of rotatable bonds is 2. The predicted octanol–water partition coefficient (Wildman–Crippen LogP) is 2.64. The Morgan fingerprint density at radius 3 is 2.25 bits per heavy atom. The number of aryl methyl sites for hydroxylation is 1. The molecule has 0 spiro atoms. The lowest BCUT2D eigenvalue weighted by Crippen LogP contribution is -2.12. The maximum absolute atomic E-state index is 7.92. The normalized spacial score (nSPS) is 10.4. The fourth-order valence-corrected chi connectivity index (χ4v) is 2.48. The molecule has 1 aromatic heterocycles. The second kappa shape index (κ2) is 4.14. The lowest BCUT2D eigenvalue weighted by molar-refractivity contribution is 0.414. The number of benzene rings is 1. The molecule has 3 nitrogen and oxygen atoms in total. The minimum Gasteiger partial charge on any atom is -0.497 e. The molecule has 0 radical (unpaired) electrons. The van der Waals surface area contributed by atoms with E-state index in [0.717, 1.165) is 17.1 Å². The molecule has 0 aliphatic carbocycles. The first-order valence-corrected chi connectivity index (χ1v) is 5.83. The van der Waals surface area contributed by atoms with Crippen molar-refractivity contribution in [2.75, 3.05) is 7.11 Å². The average molecular weight is 234 g/mol. The molecule has 16 heavy (non-hydrogen) atoms. The maximum atomic E-state index is 7.92. The molecular formula is C12H14N2OS. The van der Waals surface area contributed by atoms with Crippen LogP contribution in [0.3, 0.4) is 0 Å². The molecule has 0 aliphatic heterocycles. The topological polar surface area (TPSA) is 38.0 Å². The summed E-state index contributed by atoms with van der Waals surface area (Å²) in [5.41, 5.74) is 2.13. The van der Waals surface area contributed by atoms with Crippen LogP contribution in [0.25, 0.3) is 5.69 Å². The summed E-state index contributed by atoms with van der Waals surface area (Å²) in [6.45, 7) is 4.08. The number of thiazole rings is 1. The first-order valence-electron chi connectivity index (χ1n) is 5.01. The fraction of sp³-hybridized carbons (Fsp3) is 0.250. The van der Waals surface area contributed by atoms with Crippen LogP contribution in [0.1, 0.15) is 10.6 Å². The Hall–Kier alpha value is -1.55. The first kappa shape index (κ1) is 11.0. The Kier molecular flexibility index (Phi) is 2.83. The van der Waals surface area contributed by atoms with Gasteiger partial charge in [0.05, 0.1) is 7.11 Å². The van der Waals surface area contributed by atoms with E-state index in [0.29, 0.717) is 4.80 Å². The van der Waals surface area contributed by atoms with Gasteiger partial charge in [0.15, 0.2) is 4.80 Å². The van der Waals surface area contributed by atoms with E-state index in [-0.39, 0.29) is 0 Å². The SMILES string of the molecule is COc1ccc(-n2c(C)c(C)sc2=N)cc1. The summed E-state index contributed by atoms with van der Waals surface area (Å²) in [5, 5.41) is 7.92. The fourth-order valence-electron chi connectivity index (χ4n) is 1.62. The number of methoxy groups -OCH3 is 1. The highest BCUT2D eigenvalue weighted by molar-refractivity contribution is 7.09. The molecule has 4 heteroatoms. The molecule has 0 bridgehead atoms. The first-order chi connectivity index (χ1) is 7.63. The van der Waals surface area contributed by atoms with Crippen molar-refractivity contribution in [3.05, 3.63) is 39.6 Å². The number of ether oxygens (including phenoxy) is 1. The molecule has 0 unspecified atom stereocenters. The van der Waals surface area contributed by atoms with Crippen LogP contribution < -0.4 is 9.54 Å². The predicted molar refractivity (Wildman–Crippen MR) is 65.5 cm³/mol. The molecule has 0 fully saturated rings. The highest BCUT2D eigenvalue weighted by Gasteiger charge is 2.06. The molecule has 0 atom stereocenters. The number of aromatic nitrogens is 1. The Bertz CT molecular complexity index is 551. The molecule has 1 N–H and O–H groups in total. The van der Waals surface area contributed by atoms with E-state index in [2.05, 4.69) is 0 Å².